The van der Waals surface area contributed by atoms with Gasteiger partial charge in [0, 0.05) is 19.0 Å². The average Bonchev–Trinajstić information content (AvgIpc) is 1.92. The van der Waals surface area contributed by atoms with E-state index in [1.54, 1.807) is 0 Å². The van der Waals surface area contributed by atoms with E-state index in [1.807, 2.05) is 4.90 Å². The fourth-order valence-corrected chi connectivity index (χ4v) is 1.87. The molecule has 0 aromatic rings. The van der Waals surface area contributed by atoms with Gasteiger partial charge in [0.15, 0.2) is 0 Å². The van der Waals surface area contributed by atoms with Crippen LogP contribution in [0.5, 0.6) is 0 Å². The molecule has 1 unspecified atom stereocenters. The second kappa shape index (κ2) is 2.26. The second-order valence-corrected chi connectivity index (χ2v) is 3.28. The van der Waals surface area contributed by atoms with Crippen molar-refractivity contribution in [1.82, 2.24) is 4.90 Å². The van der Waals surface area contributed by atoms with E-state index in [9.17, 15) is 4.79 Å². The van der Waals surface area contributed by atoms with Gasteiger partial charge < -0.3 is 4.90 Å². The summed E-state index contributed by atoms with van der Waals surface area (Å²) in [6.45, 7) is 1.03. The summed E-state index contributed by atoms with van der Waals surface area (Å²) in [6, 6.07) is 0.634. The zero-order valence-electron chi connectivity index (χ0n) is 6.18. The molecule has 56 valence electrons. The number of nitrogens with zero attached hydrogens (tertiary/aromatic N) is 1. The molecule has 0 aromatic carbocycles. The number of rotatable bonds is 0. The van der Waals surface area contributed by atoms with Crippen molar-refractivity contribution in [3.8, 4) is 0 Å². The van der Waals surface area contributed by atoms with Crippen molar-refractivity contribution >= 4 is 5.91 Å². The summed E-state index contributed by atoms with van der Waals surface area (Å²) in [5.41, 5.74) is 0. The van der Waals surface area contributed by atoms with Gasteiger partial charge in [0.05, 0.1) is 0 Å². The topological polar surface area (TPSA) is 20.3 Å². The molecule has 2 nitrogen and oxygen atoms in total. The molecule has 0 radical (unpaired) electrons. The molecule has 1 atom stereocenters. The van der Waals surface area contributed by atoms with Crippen molar-refractivity contribution in [1.29, 1.82) is 0 Å². The first-order chi connectivity index (χ1) is 4.88. The summed E-state index contributed by atoms with van der Waals surface area (Å²) in [6.07, 6.45) is 5.69. The number of amides is 1. The molecule has 2 saturated heterocycles. The molecular formula is C8H13NO. The average molecular weight is 139 g/mol. The molecular weight excluding hydrogens is 126 g/mol. The Kier molecular flexibility index (Phi) is 1.40. The Hall–Kier alpha value is -0.530. The minimum atomic E-state index is 0.397. The summed E-state index contributed by atoms with van der Waals surface area (Å²) in [5, 5.41) is 0. The molecule has 0 aliphatic carbocycles. The lowest BCUT2D eigenvalue weighted by molar-refractivity contribution is -0.137. The normalized spacial score (nSPS) is 32.6. The highest BCUT2D eigenvalue weighted by molar-refractivity contribution is 5.77. The molecule has 2 aliphatic heterocycles. The van der Waals surface area contributed by atoms with Gasteiger partial charge in [-0.2, -0.15) is 0 Å². The van der Waals surface area contributed by atoms with Gasteiger partial charge >= 0.3 is 0 Å². The molecule has 2 heterocycles. The van der Waals surface area contributed by atoms with E-state index in [-0.39, 0.29) is 0 Å². The second-order valence-electron chi connectivity index (χ2n) is 3.28. The first-order valence-corrected chi connectivity index (χ1v) is 4.17. The van der Waals surface area contributed by atoms with Crippen LogP contribution in [-0.4, -0.2) is 23.4 Å². The van der Waals surface area contributed by atoms with Gasteiger partial charge in [0.2, 0.25) is 5.91 Å². The first kappa shape index (κ1) is 6.20. The van der Waals surface area contributed by atoms with Crippen molar-refractivity contribution in [3.63, 3.8) is 0 Å². The van der Waals surface area contributed by atoms with Crippen molar-refractivity contribution in [2.45, 2.75) is 38.1 Å². The predicted molar refractivity (Wildman–Crippen MR) is 38.6 cm³/mol. The third-order valence-electron chi connectivity index (χ3n) is 2.64. The van der Waals surface area contributed by atoms with E-state index in [0.29, 0.717) is 11.9 Å². The molecule has 2 heteroatoms. The van der Waals surface area contributed by atoms with Crippen LogP contribution >= 0.6 is 0 Å². The van der Waals surface area contributed by atoms with Crippen LogP contribution in [0.25, 0.3) is 0 Å². The maximum atomic E-state index is 11.2. The van der Waals surface area contributed by atoms with Crippen LogP contribution in [0, 0.1) is 0 Å². The molecule has 0 spiro atoms. The number of carbonyl (C=O) groups is 1. The third kappa shape index (κ3) is 0.825. The number of fused-ring (bicyclic) bond motifs is 1. The minimum Gasteiger partial charge on any atom is -0.340 e. The summed E-state index contributed by atoms with van der Waals surface area (Å²) in [4.78, 5) is 13.3. The highest BCUT2D eigenvalue weighted by Gasteiger charge is 2.32. The molecule has 10 heavy (non-hydrogen) atoms. The molecule has 2 rings (SSSR count). The van der Waals surface area contributed by atoms with Crippen LogP contribution in [0.4, 0.5) is 0 Å². The number of carbonyl (C=O) groups excluding carboxylic acids is 1. The van der Waals surface area contributed by atoms with Gasteiger partial charge in [-0.3, -0.25) is 4.79 Å². The Morgan fingerprint density at radius 3 is 2.90 bits per heavy atom. The minimum absolute atomic E-state index is 0.397. The van der Waals surface area contributed by atoms with Crippen LogP contribution in [0.3, 0.4) is 0 Å². The van der Waals surface area contributed by atoms with Gasteiger partial charge in [0.1, 0.15) is 0 Å². The van der Waals surface area contributed by atoms with Crippen LogP contribution in [-0.2, 0) is 4.79 Å². The Labute approximate surface area is 61.2 Å². The largest absolute Gasteiger partial charge is 0.340 e. The van der Waals surface area contributed by atoms with E-state index < -0.39 is 0 Å². The first-order valence-electron chi connectivity index (χ1n) is 4.17. The zero-order chi connectivity index (χ0) is 6.97. The molecule has 0 bridgehead atoms. The highest BCUT2D eigenvalue weighted by Crippen LogP contribution is 2.27. The van der Waals surface area contributed by atoms with E-state index in [1.165, 1.54) is 19.3 Å². The molecule has 0 N–H and O–H groups in total. The Morgan fingerprint density at radius 2 is 2.20 bits per heavy atom. The quantitative estimate of drug-likeness (QED) is 0.493. The van der Waals surface area contributed by atoms with Crippen LogP contribution in [0.15, 0.2) is 0 Å². The molecule has 0 saturated carbocycles. The summed E-state index contributed by atoms with van der Waals surface area (Å²) >= 11 is 0. The van der Waals surface area contributed by atoms with Gasteiger partial charge in [0.25, 0.3) is 0 Å². The van der Waals surface area contributed by atoms with Crippen LogP contribution in [0.1, 0.15) is 32.1 Å². The smallest absolute Gasteiger partial charge is 0.222 e. The standard InChI is InChI=1S/C8H13NO/c10-8-4-2-1-3-7-5-6-9(7)8/h7H,1-6H2. The van der Waals surface area contributed by atoms with Crippen molar-refractivity contribution in [2.75, 3.05) is 6.54 Å². The zero-order valence-corrected chi connectivity index (χ0v) is 6.18. The Bertz CT molecular complexity index is 155. The SMILES string of the molecule is O=C1CCCCC2CCN12. The summed E-state index contributed by atoms with van der Waals surface area (Å²) in [5.74, 6) is 0.397. The van der Waals surface area contributed by atoms with Crippen molar-refractivity contribution < 1.29 is 4.79 Å². The van der Waals surface area contributed by atoms with Crippen molar-refractivity contribution in [2.24, 2.45) is 0 Å². The highest BCUT2D eigenvalue weighted by atomic mass is 16.2. The van der Waals surface area contributed by atoms with E-state index in [4.69, 9.17) is 0 Å². The lowest BCUT2D eigenvalue weighted by Crippen LogP contribution is -2.49. The molecule has 2 fully saturated rings. The Balaban J connectivity index is 2.04. The molecule has 0 aromatic heterocycles. The molecule has 2 aliphatic rings. The number of hydrogen-bond acceptors (Lipinski definition) is 1. The summed E-state index contributed by atoms with van der Waals surface area (Å²) in [7, 11) is 0. The van der Waals surface area contributed by atoms with E-state index in [2.05, 4.69) is 0 Å². The number of hydrogen-bond donors (Lipinski definition) is 0. The van der Waals surface area contributed by atoms with Gasteiger partial charge in [-0.05, 0) is 19.3 Å². The fraction of sp³-hybridized carbons (Fsp3) is 0.875. The predicted octanol–water partition coefficient (Wildman–Crippen LogP) is 1.16. The van der Waals surface area contributed by atoms with Gasteiger partial charge in [-0.1, -0.05) is 6.42 Å². The monoisotopic (exact) mass is 139 g/mol. The van der Waals surface area contributed by atoms with Crippen molar-refractivity contribution in [3.05, 3.63) is 0 Å². The maximum Gasteiger partial charge on any atom is 0.222 e. The maximum absolute atomic E-state index is 11.2. The van der Waals surface area contributed by atoms with Crippen LogP contribution in [0.2, 0.25) is 0 Å². The fourth-order valence-electron chi connectivity index (χ4n) is 1.87. The van der Waals surface area contributed by atoms with E-state index >= 15 is 0 Å². The lowest BCUT2D eigenvalue weighted by Gasteiger charge is -2.39. The van der Waals surface area contributed by atoms with Gasteiger partial charge in [-0.15, -0.1) is 0 Å². The summed E-state index contributed by atoms with van der Waals surface area (Å²) < 4.78 is 0. The van der Waals surface area contributed by atoms with Crippen LogP contribution < -0.4 is 0 Å². The van der Waals surface area contributed by atoms with E-state index in [0.717, 1.165) is 19.4 Å². The van der Waals surface area contributed by atoms with Gasteiger partial charge in [-0.25, -0.2) is 0 Å². The molecule has 1 amide bonds. The lowest BCUT2D eigenvalue weighted by atomic mass is 10.00. The third-order valence-corrected chi connectivity index (χ3v) is 2.64. The Morgan fingerprint density at radius 1 is 1.30 bits per heavy atom.